The van der Waals surface area contributed by atoms with Gasteiger partial charge in [-0.3, -0.25) is 0 Å². The van der Waals surface area contributed by atoms with Crippen LogP contribution in [0.5, 0.6) is 17.2 Å². The molecule has 4 heteroatoms. The van der Waals surface area contributed by atoms with Gasteiger partial charge in [0.1, 0.15) is 37.1 Å². The first kappa shape index (κ1) is 41.2. The number of fused-ring (bicyclic) bond motifs is 4. The van der Waals surface area contributed by atoms with E-state index >= 15 is 0 Å². The van der Waals surface area contributed by atoms with E-state index in [1.54, 1.807) is 0 Å². The van der Waals surface area contributed by atoms with Gasteiger partial charge in [-0.05, 0) is 91.0 Å². The molecule has 8 aromatic carbocycles. The van der Waals surface area contributed by atoms with Crippen molar-refractivity contribution in [2.45, 2.75) is 104 Å². The summed E-state index contributed by atoms with van der Waals surface area (Å²) in [4.78, 5) is 0. The molecule has 0 atom stereocenters. The first-order chi connectivity index (χ1) is 29.6. The minimum atomic E-state index is 0.412. The molecule has 0 aromatic heterocycles. The zero-order valence-electron chi connectivity index (χ0n) is 35.3. The molecular formula is C56H57ClO3. The van der Waals surface area contributed by atoms with E-state index < -0.39 is 0 Å². The fourth-order valence-electron chi connectivity index (χ4n) is 8.92. The van der Waals surface area contributed by atoms with Crippen molar-refractivity contribution in [1.29, 1.82) is 0 Å². The van der Waals surface area contributed by atoms with Gasteiger partial charge in [0.15, 0.2) is 0 Å². The largest absolute Gasteiger partial charge is 0.489 e. The highest BCUT2D eigenvalue weighted by molar-refractivity contribution is 6.17. The predicted molar refractivity (Wildman–Crippen MR) is 254 cm³/mol. The van der Waals surface area contributed by atoms with Gasteiger partial charge in [0.05, 0.1) is 0 Å². The van der Waals surface area contributed by atoms with Crippen LogP contribution in [0.2, 0.25) is 0 Å². The number of halogens is 1. The first-order valence-corrected chi connectivity index (χ1v) is 22.7. The van der Waals surface area contributed by atoms with Crippen molar-refractivity contribution in [2.24, 2.45) is 0 Å². The molecule has 0 aliphatic carbocycles. The summed E-state index contributed by atoms with van der Waals surface area (Å²) in [6.45, 7) is 5.78. The van der Waals surface area contributed by atoms with Gasteiger partial charge in [0.25, 0.3) is 0 Å². The molecule has 60 heavy (non-hydrogen) atoms. The molecular weight excluding hydrogens is 756 g/mol. The Morgan fingerprint density at radius 2 is 0.667 bits per heavy atom. The normalized spacial score (nSPS) is 11.5. The molecule has 306 valence electrons. The number of ether oxygens (including phenoxy) is 3. The van der Waals surface area contributed by atoms with Crippen LogP contribution < -0.4 is 14.2 Å². The van der Waals surface area contributed by atoms with Crippen LogP contribution in [0.3, 0.4) is 0 Å². The molecule has 0 spiro atoms. The van der Waals surface area contributed by atoms with E-state index in [0.29, 0.717) is 42.9 Å². The Bertz CT molecular complexity index is 2410. The number of rotatable bonds is 20. The number of hydrogen-bond acceptors (Lipinski definition) is 3. The SMILES string of the molecule is CCCCCCc1c2ccccc2c(COc2cc(OCc3ccc(CCl)cc3)cc(OCc3c4ccccc4c(CCCCCC)c4ccccc34)c2)c2ccccc12. The standard InChI is InChI=1S/C56H57ClO3/c1-3-5-7-9-19-45-47-21-11-15-25-51(47)55(52-26-16-12-22-48(45)52)38-59-43-33-42(58-37-41-31-29-40(36-57)30-32-41)34-44(35-43)60-39-56-53-27-17-13-23-49(53)46(20-10-8-6-4-2)50-24-14-18-28-54(50)56/h11-18,21-35H,3-10,19-20,36-39H2,1-2H3. The van der Waals surface area contributed by atoms with E-state index in [1.807, 2.05) is 18.2 Å². The summed E-state index contributed by atoms with van der Waals surface area (Å²) in [5.41, 5.74) is 7.42. The smallest absolute Gasteiger partial charge is 0.127 e. The topological polar surface area (TPSA) is 27.7 Å². The third kappa shape index (κ3) is 9.43. The second-order valence-electron chi connectivity index (χ2n) is 16.2. The van der Waals surface area contributed by atoms with E-state index in [-0.39, 0.29) is 0 Å². The summed E-state index contributed by atoms with van der Waals surface area (Å²) in [5, 5.41) is 10.3. The zero-order valence-corrected chi connectivity index (χ0v) is 36.0. The second-order valence-corrected chi connectivity index (χ2v) is 16.4. The van der Waals surface area contributed by atoms with Crippen LogP contribution >= 0.6 is 11.6 Å². The average Bonchev–Trinajstić information content (AvgIpc) is 3.30. The summed E-state index contributed by atoms with van der Waals surface area (Å²) in [7, 11) is 0. The van der Waals surface area contributed by atoms with Crippen molar-refractivity contribution in [3.05, 3.63) is 173 Å². The van der Waals surface area contributed by atoms with Crippen molar-refractivity contribution in [2.75, 3.05) is 0 Å². The molecule has 0 bridgehead atoms. The first-order valence-electron chi connectivity index (χ1n) is 22.1. The second kappa shape index (κ2) is 20.2. The van der Waals surface area contributed by atoms with Crippen LogP contribution in [-0.2, 0) is 38.5 Å². The average molecular weight is 814 g/mol. The van der Waals surface area contributed by atoms with Gasteiger partial charge in [0, 0.05) is 35.2 Å². The maximum absolute atomic E-state index is 6.81. The van der Waals surface area contributed by atoms with Gasteiger partial charge in [-0.25, -0.2) is 0 Å². The van der Waals surface area contributed by atoms with Crippen LogP contribution in [0.1, 0.15) is 98.6 Å². The fourth-order valence-corrected chi connectivity index (χ4v) is 9.10. The highest BCUT2D eigenvalue weighted by Gasteiger charge is 2.17. The van der Waals surface area contributed by atoms with Crippen molar-refractivity contribution in [1.82, 2.24) is 0 Å². The molecule has 0 fully saturated rings. The third-order valence-corrected chi connectivity index (χ3v) is 12.4. The zero-order chi connectivity index (χ0) is 41.1. The molecule has 3 nitrogen and oxygen atoms in total. The lowest BCUT2D eigenvalue weighted by Gasteiger charge is -2.19. The Morgan fingerprint density at radius 3 is 1.00 bits per heavy atom. The van der Waals surface area contributed by atoms with Crippen LogP contribution in [0.15, 0.2) is 140 Å². The molecule has 0 saturated heterocycles. The highest BCUT2D eigenvalue weighted by atomic mass is 35.5. The monoisotopic (exact) mass is 812 g/mol. The van der Waals surface area contributed by atoms with Crippen LogP contribution in [-0.4, -0.2) is 0 Å². The Morgan fingerprint density at radius 1 is 0.350 bits per heavy atom. The lowest BCUT2D eigenvalue weighted by atomic mass is 9.89. The molecule has 0 N–H and O–H groups in total. The van der Waals surface area contributed by atoms with Gasteiger partial charge < -0.3 is 14.2 Å². The number of benzene rings is 8. The number of alkyl halides is 1. The molecule has 0 saturated carbocycles. The Balaban J connectivity index is 1.12. The van der Waals surface area contributed by atoms with E-state index in [0.717, 1.165) is 24.0 Å². The third-order valence-electron chi connectivity index (χ3n) is 12.1. The highest BCUT2D eigenvalue weighted by Crippen LogP contribution is 2.38. The van der Waals surface area contributed by atoms with E-state index in [9.17, 15) is 0 Å². The number of hydrogen-bond donors (Lipinski definition) is 0. The summed E-state index contributed by atoms with van der Waals surface area (Å²) in [6.07, 6.45) is 12.1. The van der Waals surface area contributed by atoms with Gasteiger partial charge >= 0.3 is 0 Å². The molecule has 8 aromatic rings. The van der Waals surface area contributed by atoms with Gasteiger partial charge in [0.2, 0.25) is 0 Å². The minimum absolute atomic E-state index is 0.412. The van der Waals surface area contributed by atoms with E-state index in [2.05, 4.69) is 135 Å². The van der Waals surface area contributed by atoms with Gasteiger partial charge in [-0.1, -0.05) is 174 Å². The molecule has 0 amide bonds. The van der Waals surface area contributed by atoms with Crippen LogP contribution in [0.25, 0.3) is 43.1 Å². The summed E-state index contributed by atoms with van der Waals surface area (Å²) >= 11 is 6.08. The maximum Gasteiger partial charge on any atom is 0.127 e. The summed E-state index contributed by atoms with van der Waals surface area (Å²) in [6, 6.07) is 49.6. The fraction of sp³-hybridized carbons (Fsp3) is 0.286. The molecule has 0 radical (unpaired) electrons. The molecule has 0 aliphatic heterocycles. The minimum Gasteiger partial charge on any atom is -0.489 e. The lowest BCUT2D eigenvalue weighted by Crippen LogP contribution is -2.03. The Labute approximate surface area is 361 Å². The Kier molecular flexibility index (Phi) is 13.9. The number of unbranched alkanes of at least 4 members (excludes halogenated alkanes) is 6. The maximum atomic E-state index is 6.81. The van der Waals surface area contributed by atoms with E-state index in [4.69, 9.17) is 25.8 Å². The Hall–Kier alpha value is -5.51. The lowest BCUT2D eigenvalue weighted by molar-refractivity contribution is 0.276. The summed E-state index contributed by atoms with van der Waals surface area (Å²) in [5.74, 6) is 2.58. The van der Waals surface area contributed by atoms with Crippen molar-refractivity contribution >= 4 is 54.7 Å². The van der Waals surface area contributed by atoms with Gasteiger partial charge in [-0.2, -0.15) is 0 Å². The molecule has 0 unspecified atom stereocenters. The summed E-state index contributed by atoms with van der Waals surface area (Å²) < 4.78 is 20.1. The predicted octanol–water partition coefficient (Wildman–Crippen LogP) is 16.0. The molecule has 0 aliphatic rings. The van der Waals surface area contributed by atoms with Crippen molar-refractivity contribution in [3.8, 4) is 17.2 Å². The van der Waals surface area contributed by atoms with Crippen LogP contribution in [0, 0.1) is 0 Å². The van der Waals surface area contributed by atoms with Crippen molar-refractivity contribution < 1.29 is 14.2 Å². The number of aryl methyl sites for hydroxylation is 2. The van der Waals surface area contributed by atoms with Crippen molar-refractivity contribution in [3.63, 3.8) is 0 Å². The molecule has 0 heterocycles. The van der Waals surface area contributed by atoms with Gasteiger partial charge in [-0.15, -0.1) is 11.6 Å². The van der Waals surface area contributed by atoms with E-state index in [1.165, 1.54) is 117 Å². The van der Waals surface area contributed by atoms with Crippen LogP contribution in [0.4, 0.5) is 0 Å². The quantitative estimate of drug-likeness (QED) is 0.0436. The molecule has 8 rings (SSSR count).